The first-order valence-electron chi connectivity index (χ1n) is 30.8. The van der Waals surface area contributed by atoms with Crippen molar-refractivity contribution >= 4 is 98.1 Å². The summed E-state index contributed by atoms with van der Waals surface area (Å²) in [5.74, 6) is -14.0. The van der Waals surface area contributed by atoms with Crippen LogP contribution in [0.4, 0.5) is 29.2 Å². The summed E-state index contributed by atoms with van der Waals surface area (Å²) in [7, 11) is -10.2. The minimum Gasteiger partial charge on any atom is -0.456 e. The zero-order valence-electron chi connectivity index (χ0n) is 55.8. The van der Waals surface area contributed by atoms with Gasteiger partial charge < -0.3 is 80.3 Å². The minimum absolute atomic E-state index is 0.0148. The molecule has 2 aliphatic heterocycles. The summed E-state index contributed by atoms with van der Waals surface area (Å²) >= 11 is 2.87. The first kappa shape index (κ1) is 83.8. The number of halogens is 4. The fraction of sp³-hybridized carbons (Fsp3) is 0.719. The van der Waals surface area contributed by atoms with E-state index in [1.165, 1.54) is 23.5 Å². The van der Waals surface area contributed by atoms with Crippen molar-refractivity contribution in [2.24, 2.45) is 10.8 Å². The first-order chi connectivity index (χ1) is 45.5. The maximum atomic E-state index is 14.9. The summed E-state index contributed by atoms with van der Waals surface area (Å²) in [6.45, 7) is 13.7. The maximum absolute atomic E-state index is 14.9. The lowest BCUT2D eigenvalue weighted by Gasteiger charge is -2.37. The molecule has 558 valence electrons. The molecule has 0 bridgehead atoms. The molecule has 9 atom stereocenters. The Morgan fingerprint density at radius 1 is 0.687 bits per heavy atom. The van der Waals surface area contributed by atoms with Crippen molar-refractivity contribution in [1.29, 1.82) is 0 Å². The van der Waals surface area contributed by atoms with Crippen LogP contribution in [0.2, 0.25) is 0 Å². The van der Waals surface area contributed by atoms with E-state index in [9.17, 15) is 79.7 Å². The molecule has 42 heteroatoms. The second-order valence-corrected chi connectivity index (χ2v) is 31.7. The number of nitrogens with one attached hydrogen (secondary N) is 6. The van der Waals surface area contributed by atoms with Crippen LogP contribution in [0.3, 0.4) is 0 Å². The van der Waals surface area contributed by atoms with Crippen molar-refractivity contribution in [2.75, 3.05) is 68.3 Å². The molecule has 4 heterocycles. The first-order valence-corrected chi connectivity index (χ1v) is 36.0. The number of ketones is 1. The van der Waals surface area contributed by atoms with Crippen LogP contribution >= 0.6 is 39.2 Å². The van der Waals surface area contributed by atoms with E-state index < -0.39 is 202 Å². The molecule has 5 amide bonds. The van der Waals surface area contributed by atoms with Crippen molar-refractivity contribution in [3.8, 4) is 0 Å². The van der Waals surface area contributed by atoms with Crippen molar-refractivity contribution in [2.45, 2.75) is 191 Å². The molecule has 4 unspecified atom stereocenters. The third kappa shape index (κ3) is 27.1. The number of aliphatic hydroxyl groups excluding tert-OH is 1. The molecule has 3 fully saturated rings. The average molecular weight is 1500 g/mol. The molecule has 0 radical (unpaired) electrons. The topological polar surface area (TPSA) is 478 Å². The van der Waals surface area contributed by atoms with Gasteiger partial charge in [0.05, 0.1) is 50.4 Å². The monoisotopic (exact) mass is 1500 g/mol. The number of hydrogen-bond acceptors (Lipinski definition) is 25. The number of rotatable bonds is 37. The van der Waals surface area contributed by atoms with Crippen molar-refractivity contribution in [3.05, 3.63) is 45.5 Å². The lowest BCUT2D eigenvalue weighted by molar-refractivity contribution is -0.147. The Labute approximate surface area is 573 Å². The SMILES string of the molecule is CC(C)(C)NC(CSC1CCC1SCC(NC(=O)CCC(C)(C)OCC(C)(C)C(=O)C(C)(C)C)C(=O)NCCC(=O)OCC(=O)Nc1ccn([C@@H]2O[C@H](COP(=O)(O)O)CC2(F)F)c(=O)n1)C(=O)NCCC(=O)OCC(=O)Nc1ccn([C@@H]2O[C@H](COP(=O)(O)O)[C@@H](O)C2(F)F)c(=O)n1. The Balaban J connectivity index is 1.11. The van der Waals surface area contributed by atoms with Gasteiger partial charge in [0.25, 0.3) is 17.7 Å². The number of nitrogens with zero attached hydrogens (tertiary/aromatic N) is 4. The van der Waals surface area contributed by atoms with E-state index in [1.54, 1.807) is 27.7 Å². The van der Waals surface area contributed by atoms with Crippen LogP contribution in [0.5, 0.6) is 0 Å². The number of carbonyl (C=O) groups excluding carboxylic acids is 8. The summed E-state index contributed by atoms with van der Waals surface area (Å²) in [6.07, 6.45) is -9.61. The molecule has 1 saturated carbocycles. The molecular weight excluding hydrogens is 1410 g/mol. The van der Waals surface area contributed by atoms with E-state index in [-0.39, 0.29) is 64.9 Å². The smallest absolute Gasteiger partial charge is 0.456 e. The molecule has 2 aromatic rings. The lowest BCUT2D eigenvalue weighted by Crippen LogP contribution is -2.53. The van der Waals surface area contributed by atoms with Gasteiger partial charge in [-0.15, -0.1) is 0 Å². The average Bonchev–Trinajstić information content (AvgIpc) is 1.63. The summed E-state index contributed by atoms with van der Waals surface area (Å²) in [4.78, 5) is 173. The Morgan fingerprint density at radius 3 is 1.63 bits per heavy atom. The second-order valence-electron chi connectivity index (χ2n) is 26.7. The molecule has 5 rings (SSSR count). The lowest BCUT2D eigenvalue weighted by atomic mass is 9.75. The number of phosphoric ester groups is 2. The Bertz CT molecular complexity index is 3440. The molecule has 1 aliphatic carbocycles. The molecule has 11 N–H and O–H groups in total. The summed E-state index contributed by atoms with van der Waals surface area (Å²) in [5, 5.41) is 25.6. The number of hydrogen-bond donors (Lipinski definition) is 11. The minimum atomic E-state index is -5.14. The van der Waals surface area contributed by atoms with Gasteiger partial charge in [-0.2, -0.15) is 42.3 Å². The third-order valence-corrected chi connectivity index (χ3v) is 19.0. The Kier molecular flexibility index (Phi) is 29.5. The van der Waals surface area contributed by atoms with Gasteiger partial charge >= 0.3 is 44.9 Å². The molecule has 2 aromatic heterocycles. The van der Waals surface area contributed by atoms with Gasteiger partial charge in [0.15, 0.2) is 19.3 Å². The molecule has 3 aliphatic rings. The number of ether oxygens (including phenoxy) is 5. The Morgan fingerprint density at radius 2 is 1.16 bits per heavy atom. The fourth-order valence-electron chi connectivity index (χ4n) is 9.85. The molecule has 99 heavy (non-hydrogen) atoms. The number of amides is 5. The van der Waals surface area contributed by atoms with Crippen LogP contribution in [0.15, 0.2) is 34.1 Å². The number of alkyl halides is 4. The normalized spacial score (nSPS) is 21.5. The standard InChI is InChI=1S/C57H86F4N10O24P2S2/c1-52(2,3)47(80)54(7,8)30-91-55(9,10)18-13-39(72)64-32(45(78)62-19-14-42(75)89-26-40(73)65-37-16-21-70(50(81)67-37)48-56(58,59)23-31(94-48)24-92-96(83,84)85)28-98-35-11-12-36(35)99-29-33(69-53(4,5)6)46(79)63-20-15-43(76)90-27-41(74)66-38-17-22-71(51(82)68-38)49-57(60,61)44(77)34(95-49)25-93-97(86,87)88/h16-17,21-22,31-36,44,48-49,69,77H,11-15,18-20,23-30H2,1-10H3,(H,62,78)(H,63,79)(H,64,72)(H2,83,84,85)(H2,86,87,88)(H,65,67,73,81)(H,66,68,74,82)/t31-,32?,33?,34+,35?,36?,44+,48+,49+/m0/s1. The molecule has 2 saturated heterocycles. The van der Waals surface area contributed by atoms with Gasteiger partial charge in [0, 0.05) is 76.7 Å². The van der Waals surface area contributed by atoms with Crippen LogP contribution in [0.25, 0.3) is 0 Å². The van der Waals surface area contributed by atoms with Crippen molar-refractivity contribution in [1.82, 2.24) is 40.4 Å². The summed E-state index contributed by atoms with van der Waals surface area (Å²) < 4.78 is 117. The van der Waals surface area contributed by atoms with Crippen LogP contribution in [-0.2, 0) is 80.2 Å². The van der Waals surface area contributed by atoms with E-state index in [0.29, 0.717) is 11.0 Å². The third-order valence-electron chi connectivity index (χ3n) is 14.8. The zero-order chi connectivity index (χ0) is 74.4. The van der Waals surface area contributed by atoms with Gasteiger partial charge in [-0.05, 0) is 66.0 Å². The van der Waals surface area contributed by atoms with Crippen LogP contribution in [-0.4, -0.2) is 213 Å². The van der Waals surface area contributed by atoms with Crippen molar-refractivity contribution < 1.29 is 122 Å². The number of aromatic nitrogens is 4. The predicted molar refractivity (Wildman–Crippen MR) is 344 cm³/mol. The Hall–Kier alpha value is -5.84. The van der Waals surface area contributed by atoms with E-state index in [2.05, 4.69) is 50.9 Å². The number of aliphatic hydroxyl groups is 1. The highest BCUT2D eigenvalue weighted by atomic mass is 32.2. The van der Waals surface area contributed by atoms with Gasteiger partial charge in [0.1, 0.15) is 29.6 Å². The van der Waals surface area contributed by atoms with E-state index in [1.807, 2.05) is 41.5 Å². The fourth-order valence-corrected chi connectivity index (χ4v) is 13.7. The largest absolute Gasteiger partial charge is 0.469 e. The number of phosphoric acid groups is 2. The van der Waals surface area contributed by atoms with Gasteiger partial charge in [0.2, 0.25) is 30.2 Å². The summed E-state index contributed by atoms with van der Waals surface area (Å²) in [5.41, 5.74) is -5.63. The van der Waals surface area contributed by atoms with Gasteiger partial charge in [-0.3, -0.25) is 56.5 Å². The number of anilines is 2. The number of Topliss-reactive ketones (excluding diaryl/α,β-unsaturated/α-hetero) is 1. The second kappa shape index (κ2) is 34.9. The van der Waals surface area contributed by atoms with Gasteiger partial charge in [-0.1, -0.05) is 34.6 Å². The predicted octanol–water partition coefficient (Wildman–Crippen LogP) is 1.97. The maximum Gasteiger partial charge on any atom is 0.469 e. The number of carbonyl (C=O) groups is 8. The highest BCUT2D eigenvalue weighted by Gasteiger charge is 2.60. The molecule has 34 nitrogen and oxygen atoms in total. The highest BCUT2D eigenvalue weighted by molar-refractivity contribution is 8.04. The van der Waals surface area contributed by atoms with E-state index in [0.717, 1.165) is 30.9 Å². The van der Waals surface area contributed by atoms with Gasteiger partial charge in [-0.25, -0.2) is 27.5 Å². The molecular formula is C57H86F4N10O24P2S2. The number of esters is 2. The zero-order valence-corrected chi connectivity index (χ0v) is 59.2. The number of thioether (sulfide) groups is 2. The van der Waals surface area contributed by atoms with Crippen LogP contribution in [0, 0.1) is 10.8 Å². The van der Waals surface area contributed by atoms with E-state index >= 15 is 0 Å². The van der Waals surface area contributed by atoms with Crippen LogP contribution < -0.4 is 43.3 Å². The van der Waals surface area contributed by atoms with Crippen molar-refractivity contribution in [3.63, 3.8) is 0 Å². The summed E-state index contributed by atoms with van der Waals surface area (Å²) in [6, 6.07) is -0.0676. The molecule has 0 aromatic carbocycles. The molecule has 0 spiro atoms. The highest BCUT2D eigenvalue weighted by Crippen LogP contribution is 2.46. The van der Waals surface area contributed by atoms with Crippen LogP contribution in [0.1, 0.15) is 127 Å². The quantitative estimate of drug-likeness (QED) is 0.0262. The van der Waals surface area contributed by atoms with E-state index in [4.69, 9.17) is 43.3 Å².